The number of ether oxygens (including phenoxy) is 2. The molecule has 26 heavy (non-hydrogen) atoms. The monoisotopic (exact) mass is 355 g/mol. The van der Waals surface area contributed by atoms with E-state index in [1.54, 1.807) is 30.3 Å². The quantitative estimate of drug-likeness (QED) is 0.746. The van der Waals surface area contributed by atoms with Gasteiger partial charge in [0, 0.05) is 24.9 Å². The Balaban J connectivity index is 1.44. The maximum absolute atomic E-state index is 12.3. The SMILES string of the molecule is O=C(CCC(=O)c1ccc2c(c1)OCCO2)NCCc1ccccc1O. The molecular formula is C20H21NO5. The second-order valence-corrected chi connectivity index (χ2v) is 6.01. The molecule has 6 heteroatoms. The second kappa shape index (κ2) is 8.38. The van der Waals surface area contributed by atoms with E-state index in [1.165, 1.54) is 0 Å². The molecule has 1 amide bonds. The molecule has 0 aliphatic carbocycles. The van der Waals surface area contributed by atoms with E-state index in [9.17, 15) is 14.7 Å². The van der Waals surface area contributed by atoms with Gasteiger partial charge in [-0.2, -0.15) is 0 Å². The zero-order valence-electron chi connectivity index (χ0n) is 14.4. The van der Waals surface area contributed by atoms with Gasteiger partial charge in [-0.15, -0.1) is 0 Å². The molecule has 0 saturated carbocycles. The van der Waals surface area contributed by atoms with Crippen molar-refractivity contribution in [2.45, 2.75) is 19.3 Å². The summed E-state index contributed by atoms with van der Waals surface area (Å²) in [6, 6.07) is 12.1. The molecule has 1 aliphatic rings. The van der Waals surface area contributed by atoms with Crippen LogP contribution in [0.1, 0.15) is 28.8 Å². The number of nitrogens with one attached hydrogen (secondary N) is 1. The molecule has 0 spiro atoms. The van der Waals surface area contributed by atoms with Crippen LogP contribution in [0, 0.1) is 0 Å². The number of fused-ring (bicyclic) bond motifs is 1. The Morgan fingerprint density at radius 1 is 1.00 bits per heavy atom. The fraction of sp³-hybridized carbons (Fsp3) is 0.300. The fourth-order valence-electron chi connectivity index (χ4n) is 2.74. The summed E-state index contributed by atoms with van der Waals surface area (Å²) in [5.41, 5.74) is 1.29. The number of amides is 1. The Labute approximate surface area is 151 Å². The van der Waals surface area contributed by atoms with Crippen LogP contribution in [0.25, 0.3) is 0 Å². The van der Waals surface area contributed by atoms with Crippen molar-refractivity contribution in [1.29, 1.82) is 0 Å². The smallest absolute Gasteiger partial charge is 0.220 e. The van der Waals surface area contributed by atoms with Crippen LogP contribution in [0.4, 0.5) is 0 Å². The van der Waals surface area contributed by atoms with E-state index in [2.05, 4.69) is 5.32 Å². The van der Waals surface area contributed by atoms with E-state index >= 15 is 0 Å². The zero-order valence-corrected chi connectivity index (χ0v) is 14.4. The Hall–Kier alpha value is -3.02. The molecule has 1 heterocycles. The molecule has 6 nitrogen and oxygen atoms in total. The number of benzene rings is 2. The molecule has 2 aromatic rings. The van der Waals surface area contributed by atoms with Gasteiger partial charge < -0.3 is 19.9 Å². The van der Waals surface area contributed by atoms with Crippen LogP contribution < -0.4 is 14.8 Å². The van der Waals surface area contributed by atoms with Crippen molar-refractivity contribution in [2.24, 2.45) is 0 Å². The second-order valence-electron chi connectivity index (χ2n) is 6.01. The number of hydrogen-bond donors (Lipinski definition) is 2. The Kier molecular flexibility index (Phi) is 5.73. The maximum atomic E-state index is 12.3. The number of Topliss-reactive ketones (excluding diaryl/α,β-unsaturated/α-hetero) is 1. The standard InChI is InChI=1S/C20H21NO5/c22-16-4-2-1-3-14(16)9-10-21-20(24)8-6-17(23)15-5-7-18-19(13-15)26-12-11-25-18/h1-5,7,13,22H,6,8-12H2,(H,21,24). The first-order valence-electron chi connectivity index (χ1n) is 8.60. The average Bonchev–Trinajstić information content (AvgIpc) is 2.67. The summed E-state index contributed by atoms with van der Waals surface area (Å²) in [6.07, 6.45) is 0.782. The predicted molar refractivity (Wildman–Crippen MR) is 95.8 cm³/mol. The van der Waals surface area contributed by atoms with Gasteiger partial charge in [0.05, 0.1) is 0 Å². The van der Waals surface area contributed by atoms with Gasteiger partial charge in [0.2, 0.25) is 5.91 Å². The van der Waals surface area contributed by atoms with Crippen LogP contribution >= 0.6 is 0 Å². The van der Waals surface area contributed by atoms with Crippen molar-refractivity contribution in [1.82, 2.24) is 5.32 Å². The van der Waals surface area contributed by atoms with Crippen molar-refractivity contribution in [2.75, 3.05) is 19.8 Å². The third-order valence-corrected chi connectivity index (χ3v) is 4.15. The van der Waals surface area contributed by atoms with E-state index in [0.29, 0.717) is 43.2 Å². The van der Waals surface area contributed by atoms with Crippen LogP contribution in [-0.2, 0) is 11.2 Å². The number of rotatable bonds is 7. The first-order chi connectivity index (χ1) is 12.6. The highest BCUT2D eigenvalue weighted by atomic mass is 16.6. The van der Waals surface area contributed by atoms with E-state index in [1.807, 2.05) is 12.1 Å². The first-order valence-corrected chi connectivity index (χ1v) is 8.60. The average molecular weight is 355 g/mol. The molecule has 0 bridgehead atoms. The molecule has 0 saturated heterocycles. The lowest BCUT2D eigenvalue weighted by Gasteiger charge is -2.18. The summed E-state index contributed by atoms with van der Waals surface area (Å²) in [4.78, 5) is 24.2. The molecule has 2 aromatic carbocycles. The van der Waals surface area contributed by atoms with E-state index in [-0.39, 0.29) is 30.3 Å². The van der Waals surface area contributed by atoms with Crippen LogP contribution in [0.5, 0.6) is 17.2 Å². The topological polar surface area (TPSA) is 84.9 Å². The number of phenols is 1. The fourth-order valence-corrected chi connectivity index (χ4v) is 2.74. The number of carbonyl (C=O) groups is 2. The van der Waals surface area contributed by atoms with Gasteiger partial charge in [-0.05, 0) is 36.2 Å². The summed E-state index contributed by atoms with van der Waals surface area (Å²) in [5, 5.41) is 12.5. The highest BCUT2D eigenvalue weighted by Gasteiger charge is 2.15. The largest absolute Gasteiger partial charge is 0.508 e. The molecular weight excluding hydrogens is 334 g/mol. The third kappa shape index (κ3) is 4.53. The molecule has 1 aliphatic heterocycles. The minimum absolute atomic E-state index is 0.113. The normalized spacial score (nSPS) is 12.5. The van der Waals surface area contributed by atoms with E-state index in [4.69, 9.17) is 9.47 Å². The summed E-state index contributed by atoms with van der Waals surface area (Å²) in [5.74, 6) is 1.11. The van der Waals surface area contributed by atoms with Gasteiger partial charge in [0.25, 0.3) is 0 Å². The number of para-hydroxylation sites is 1. The minimum Gasteiger partial charge on any atom is -0.508 e. The molecule has 0 atom stereocenters. The van der Waals surface area contributed by atoms with Gasteiger partial charge in [0.1, 0.15) is 19.0 Å². The molecule has 136 valence electrons. The molecule has 0 unspecified atom stereocenters. The highest BCUT2D eigenvalue weighted by Crippen LogP contribution is 2.31. The number of aromatic hydroxyl groups is 1. The lowest BCUT2D eigenvalue weighted by molar-refractivity contribution is -0.121. The van der Waals surface area contributed by atoms with Crippen LogP contribution in [0.15, 0.2) is 42.5 Å². The van der Waals surface area contributed by atoms with Crippen molar-refractivity contribution in [3.8, 4) is 17.2 Å². The van der Waals surface area contributed by atoms with Gasteiger partial charge >= 0.3 is 0 Å². The lowest BCUT2D eigenvalue weighted by Crippen LogP contribution is -2.26. The summed E-state index contributed by atoms with van der Waals surface area (Å²) in [7, 11) is 0. The molecule has 3 rings (SSSR count). The van der Waals surface area contributed by atoms with Crippen molar-refractivity contribution in [3.05, 3.63) is 53.6 Å². The van der Waals surface area contributed by atoms with Gasteiger partial charge in [0.15, 0.2) is 17.3 Å². The van der Waals surface area contributed by atoms with Gasteiger partial charge in [-0.3, -0.25) is 9.59 Å². The van der Waals surface area contributed by atoms with Crippen molar-refractivity contribution in [3.63, 3.8) is 0 Å². The van der Waals surface area contributed by atoms with Crippen LogP contribution in [0.2, 0.25) is 0 Å². The predicted octanol–water partition coefficient (Wildman–Crippen LogP) is 2.49. The number of phenolic OH excluding ortho intramolecular Hbond substituents is 1. The molecule has 0 fully saturated rings. The molecule has 0 aromatic heterocycles. The van der Waals surface area contributed by atoms with Gasteiger partial charge in [-0.1, -0.05) is 18.2 Å². The maximum Gasteiger partial charge on any atom is 0.220 e. The number of ketones is 1. The number of carbonyl (C=O) groups excluding carboxylic acids is 2. The third-order valence-electron chi connectivity index (χ3n) is 4.15. The lowest BCUT2D eigenvalue weighted by atomic mass is 10.1. The Bertz CT molecular complexity index is 803. The molecule has 0 radical (unpaired) electrons. The van der Waals surface area contributed by atoms with Crippen molar-refractivity contribution < 1.29 is 24.2 Å². The Morgan fingerprint density at radius 2 is 1.77 bits per heavy atom. The van der Waals surface area contributed by atoms with Gasteiger partial charge in [-0.25, -0.2) is 0 Å². The number of hydrogen-bond acceptors (Lipinski definition) is 5. The highest BCUT2D eigenvalue weighted by molar-refractivity contribution is 5.98. The zero-order chi connectivity index (χ0) is 18.4. The first kappa shape index (κ1) is 17.8. The van der Waals surface area contributed by atoms with Crippen LogP contribution in [-0.4, -0.2) is 36.6 Å². The Morgan fingerprint density at radius 3 is 2.58 bits per heavy atom. The summed E-state index contributed by atoms with van der Waals surface area (Å²) >= 11 is 0. The van der Waals surface area contributed by atoms with E-state index < -0.39 is 0 Å². The van der Waals surface area contributed by atoms with Crippen molar-refractivity contribution >= 4 is 11.7 Å². The van der Waals surface area contributed by atoms with E-state index in [0.717, 1.165) is 5.56 Å². The summed E-state index contributed by atoms with van der Waals surface area (Å²) < 4.78 is 10.9. The minimum atomic E-state index is -0.189. The van der Waals surface area contributed by atoms with Crippen LogP contribution in [0.3, 0.4) is 0 Å². The summed E-state index contributed by atoms with van der Waals surface area (Å²) in [6.45, 7) is 1.37. The molecule has 2 N–H and O–H groups in total.